The lowest BCUT2D eigenvalue weighted by Gasteiger charge is -2.19. The summed E-state index contributed by atoms with van der Waals surface area (Å²) in [5, 5.41) is 6.02. The molecule has 6 nitrogen and oxygen atoms in total. The monoisotopic (exact) mass is 500 g/mol. The Labute approximate surface area is 214 Å². The molecule has 4 aromatic rings. The molecule has 0 aliphatic rings. The molecule has 0 heterocycles. The Hall–Kier alpha value is -4.13. The second-order valence-corrected chi connectivity index (χ2v) is 8.40. The Balaban J connectivity index is 1.41. The Bertz CT molecular complexity index is 1280. The molecule has 4 rings (SSSR count). The van der Waals surface area contributed by atoms with E-state index < -0.39 is 17.9 Å². The van der Waals surface area contributed by atoms with Gasteiger partial charge in [0.05, 0.1) is 13.2 Å². The van der Waals surface area contributed by atoms with E-state index in [1.54, 1.807) is 48.5 Å². The molecule has 0 spiro atoms. The van der Waals surface area contributed by atoms with Crippen molar-refractivity contribution in [2.24, 2.45) is 0 Å². The van der Waals surface area contributed by atoms with E-state index in [1.807, 2.05) is 60.7 Å². The minimum absolute atomic E-state index is 0.0117. The third-order valence-corrected chi connectivity index (χ3v) is 5.44. The summed E-state index contributed by atoms with van der Waals surface area (Å²) in [5.74, 6) is 0.521. The van der Waals surface area contributed by atoms with Crippen LogP contribution in [0.3, 0.4) is 0 Å². The van der Waals surface area contributed by atoms with Gasteiger partial charge in [-0.25, -0.2) is 0 Å². The van der Waals surface area contributed by atoms with Crippen LogP contribution in [0.5, 0.6) is 11.5 Å². The van der Waals surface area contributed by atoms with E-state index in [-0.39, 0.29) is 6.61 Å². The van der Waals surface area contributed by atoms with Crippen LogP contribution in [0.25, 0.3) is 0 Å². The van der Waals surface area contributed by atoms with Gasteiger partial charge in [0.15, 0.2) is 0 Å². The molecule has 0 aromatic heterocycles. The molecule has 0 radical (unpaired) electrons. The molecule has 2 N–H and O–H groups in total. The second kappa shape index (κ2) is 12.5. The van der Waals surface area contributed by atoms with Gasteiger partial charge in [0.1, 0.15) is 17.5 Å². The van der Waals surface area contributed by atoms with Crippen LogP contribution in [-0.4, -0.2) is 24.5 Å². The Morgan fingerprint density at radius 1 is 0.778 bits per heavy atom. The molecular weight excluding hydrogens is 476 g/mol. The number of hydrogen-bond acceptors (Lipinski definition) is 4. The number of para-hydroxylation sites is 1. The van der Waals surface area contributed by atoms with E-state index in [4.69, 9.17) is 21.1 Å². The van der Waals surface area contributed by atoms with Crippen molar-refractivity contribution in [1.29, 1.82) is 0 Å². The molecule has 0 bridgehead atoms. The molecule has 2 amide bonds. The first-order valence-electron chi connectivity index (χ1n) is 11.4. The van der Waals surface area contributed by atoms with Crippen molar-refractivity contribution in [2.75, 3.05) is 11.9 Å². The molecule has 1 atom stereocenters. The third-order valence-electron chi connectivity index (χ3n) is 5.21. The molecular formula is C29H25ClN2O4. The van der Waals surface area contributed by atoms with Gasteiger partial charge in [-0.1, -0.05) is 66.2 Å². The number of hydrogen-bond donors (Lipinski definition) is 2. The first-order chi connectivity index (χ1) is 17.6. The smallest absolute Gasteiger partial charge is 0.252 e. The molecule has 0 saturated carbocycles. The van der Waals surface area contributed by atoms with E-state index in [1.165, 1.54) is 0 Å². The van der Waals surface area contributed by atoms with Crippen molar-refractivity contribution in [1.82, 2.24) is 5.32 Å². The Morgan fingerprint density at radius 2 is 1.44 bits per heavy atom. The highest BCUT2D eigenvalue weighted by Gasteiger charge is 2.22. The number of rotatable bonds is 10. The number of nitrogens with one attached hydrogen (secondary N) is 2. The number of amides is 2. The van der Waals surface area contributed by atoms with Gasteiger partial charge in [-0.3, -0.25) is 9.59 Å². The maximum Gasteiger partial charge on any atom is 0.252 e. The Morgan fingerprint density at radius 3 is 2.14 bits per heavy atom. The van der Waals surface area contributed by atoms with Crippen LogP contribution in [0, 0.1) is 0 Å². The molecule has 7 heteroatoms. The quantitative estimate of drug-likeness (QED) is 0.276. The summed E-state index contributed by atoms with van der Waals surface area (Å²) in [4.78, 5) is 25.9. The number of carbonyl (C=O) groups excluding carboxylic acids is 2. The topological polar surface area (TPSA) is 76.7 Å². The number of benzene rings is 4. The normalized spacial score (nSPS) is 11.4. The van der Waals surface area contributed by atoms with Gasteiger partial charge in [0.25, 0.3) is 5.91 Å². The predicted molar refractivity (Wildman–Crippen MR) is 140 cm³/mol. The zero-order chi connectivity index (χ0) is 25.2. The first kappa shape index (κ1) is 25.0. The highest BCUT2D eigenvalue weighted by molar-refractivity contribution is 6.31. The average Bonchev–Trinajstić information content (AvgIpc) is 2.90. The highest BCUT2D eigenvalue weighted by Crippen LogP contribution is 2.22. The number of anilines is 1. The maximum atomic E-state index is 13.1. The standard InChI is InChI=1S/C29H25ClN2O4/c30-23-11-7-10-22(18-23)28(33)32-27(20-35-19-21-8-3-1-4-9-21)29(34)31-24-14-16-26(17-15-24)36-25-12-5-2-6-13-25/h1-18,27H,19-20H2,(H,31,34)(H,32,33). The zero-order valence-electron chi connectivity index (χ0n) is 19.4. The lowest BCUT2D eigenvalue weighted by molar-refractivity contribution is -0.119. The van der Waals surface area contributed by atoms with Crippen LogP contribution < -0.4 is 15.4 Å². The lowest BCUT2D eigenvalue weighted by Crippen LogP contribution is -2.46. The van der Waals surface area contributed by atoms with E-state index in [0.717, 1.165) is 5.56 Å². The number of ether oxygens (including phenoxy) is 2. The van der Waals surface area contributed by atoms with Crippen molar-refractivity contribution in [3.63, 3.8) is 0 Å². The van der Waals surface area contributed by atoms with Crippen molar-refractivity contribution >= 4 is 29.1 Å². The molecule has 0 saturated heterocycles. The summed E-state index contributed by atoms with van der Waals surface area (Å²) in [5.41, 5.74) is 1.88. The summed E-state index contributed by atoms with van der Waals surface area (Å²) >= 11 is 6.02. The van der Waals surface area contributed by atoms with Gasteiger partial charge in [0.2, 0.25) is 5.91 Å². The second-order valence-electron chi connectivity index (χ2n) is 7.97. The lowest BCUT2D eigenvalue weighted by atomic mass is 10.2. The SMILES string of the molecule is O=C(NC(COCc1ccccc1)C(=O)Nc1ccc(Oc2ccccc2)cc1)c1cccc(Cl)c1. The summed E-state index contributed by atoms with van der Waals surface area (Å²) in [6.45, 7) is 0.297. The van der Waals surface area contributed by atoms with Gasteiger partial charge < -0.3 is 20.1 Å². The van der Waals surface area contributed by atoms with Gasteiger partial charge in [-0.15, -0.1) is 0 Å². The summed E-state index contributed by atoms with van der Waals surface area (Å²) in [6, 6.07) is 31.6. The molecule has 182 valence electrons. The fourth-order valence-corrected chi connectivity index (χ4v) is 3.57. The van der Waals surface area contributed by atoms with E-state index >= 15 is 0 Å². The van der Waals surface area contributed by atoms with Crippen molar-refractivity contribution in [2.45, 2.75) is 12.6 Å². The molecule has 0 fully saturated rings. The molecule has 36 heavy (non-hydrogen) atoms. The van der Waals surface area contributed by atoms with E-state index in [2.05, 4.69) is 10.6 Å². The fourth-order valence-electron chi connectivity index (χ4n) is 3.38. The summed E-state index contributed by atoms with van der Waals surface area (Å²) in [7, 11) is 0. The largest absolute Gasteiger partial charge is 0.457 e. The number of halogens is 1. The van der Waals surface area contributed by atoms with Crippen LogP contribution in [0.15, 0.2) is 109 Å². The van der Waals surface area contributed by atoms with Gasteiger partial charge >= 0.3 is 0 Å². The maximum absolute atomic E-state index is 13.1. The van der Waals surface area contributed by atoms with E-state index in [0.29, 0.717) is 34.4 Å². The predicted octanol–water partition coefficient (Wildman–Crippen LogP) is 6.09. The number of carbonyl (C=O) groups is 2. The van der Waals surface area contributed by atoms with Crippen LogP contribution in [0.2, 0.25) is 5.02 Å². The van der Waals surface area contributed by atoms with Crippen molar-refractivity contribution < 1.29 is 19.1 Å². The molecule has 0 aliphatic heterocycles. The fraction of sp³-hybridized carbons (Fsp3) is 0.103. The van der Waals surface area contributed by atoms with Crippen LogP contribution in [-0.2, 0) is 16.1 Å². The highest BCUT2D eigenvalue weighted by atomic mass is 35.5. The van der Waals surface area contributed by atoms with Gasteiger partial charge in [0, 0.05) is 16.3 Å². The summed E-state index contributed by atoms with van der Waals surface area (Å²) in [6.07, 6.45) is 0. The first-order valence-corrected chi connectivity index (χ1v) is 11.8. The average molecular weight is 501 g/mol. The van der Waals surface area contributed by atoms with Crippen LogP contribution in [0.1, 0.15) is 15.9 Å². The van der Waals surface area contributed by atoms with Crippen molar-refractivity contribution in [3.05, 3.63) is 125 Å². The minimum atomic E-state index is -0.930. The third kappa shape index (κ3) is 7.43. The van der Waals surface area contributed by atoms with Gasteiger partial charge in [-0.2, -0.15) is 0 Å². The van der Waals surface area contributed by atoms with Crippen LogP contribution in [0.4, 0.5) is 5.69 Å². The zero-order valence-corrected chi connectivity index (χ0v) is 20.2. The molecule has 4 aromatic carbocycles. The van der Waals surface area contributed by atoms with Crippen LogP contribution >= 0.6 is 11.6 Å². The summed E-state index contributed by atoms with van der Waals surface area (Å²) < 4.78 is 11.6. The molecule has 1 unspecified atom stereocenters. The Kier molecular flexibility index (Phi) is 8.70. The van der Waals surface area contributed by atoms with E-state index in [9.17, 15) is 9.59 Å². The minimum Gasteiger partial charge on any atom is -0.457 e. The molecule has 0 aliphatic carbocycles. The van der Waals surface area contributed by atoms with Gasteiger partial charge in [-0.05, 0) is 60.2 Å². The van der Waals surface area contributed by atoms with Crippen molar-refractivity contribution in [3.8, 4) is 11.5 Å².